The van der Waals surface area contributed by atoms with Crippen LogP contribution in [0, 0.1) is 0 Å². The molecule has 0 radical (unpaired) electrons. The molecule has 0 aliphatic rings. The van der Waals surface area contributed by atoms with Gasteiger partial charge in [0, 0.05) is 19.4 Å². The predicted octanol–water partition coefficient (Wildman–Crippen LogP) is 12.7. The Bertz CT molecular complexity index is 686. The smallest absolute Gasteiger partial charge is 0.306 e. The summed E-state index contributed by atoms with van der Waals surface area (Å²) in [6.07, 6.45) is 38.5. The summed E-state index contributed by atoms with van der Waals surface area (Å²) in [6, 6.07) is 0. The second-order valence-corrected chi connectivity index (χ2v) is 15.2. The first-order chi connectivity index (χ1) is 24.6. The van der Waals surface area contributed by atoms with Gasteiger partial charge in [0.05, 0.1) is 13.2 Å². The van der Waals surface area contributed by atoms with Crippen LogP contribution in [0.4, 0.5) is 0 Å². The number of aliphatic hydroxyl groups is 1. The Morgan fingerprint density at radius 1 is 0.460 bits per heavy atom. The average molecular weight is 710 g/mol. The van der Waals surface area contributed by atoms with Gasteiger partial charge in [0.15, 0.2) is 0 Å². The summed E-state index contributed by atoms with van der Waals surface area (Å²) in [6.45, 7) is 10.1. The lowest BCUT2D eigenvalue weighted by molar-refractivity contribution is -0.150. The lowest BCUT2D eigenvalue weighted by atomic mass is 10.0. The van der Waals surface area contributed by atoms with Gasteiger partial charge in [0.1, 0.15) is 6.10 Å². The molecule has 0 bridgehead atoms. The number of unbranched alkanes of at least 4 members (excludes halogenated alkanes) is 24. The van der Waals surface area contributed by atoms with Crippen LogP contribution in [0.3, 0.4) is 0 Å². The van der Waals surface area contributed by atoms with Crippen LogP contribution in [0.2, 0.25) is 0 Å². The van der Waals surface area contributed by atoms with Crippen molar-refractivity contribution in [2.75, 3.05) is 32.8 Å². The Hall–Kier alpha value is -1.14. The molecule has 6 heteroatoms. The molecule has 0 aromatic carbocycles. The van der Waals surface area contributed by atoms with Crippen LogP contribution < -0.4 is 0 Å². The first-order valence-corrected chi connectivity index (χ1v) is 22.3. The molecule has 1 N–H and O–H groups in total. The third-order valence-corrected chi connectivity index (χ3v) is 10.2. The van der Waals surface area contributed by atoms with E-state index in [0.29, 0.717) is 26.0 Å². The number of aliphatic hydroxyl groups excluding tert-OH is 1. The van der Waals surface area contributed by atoms with Gasteiger partial charge in [-0.05, 0) is 70.9 Å². The minimum absolute atomic E-state index is 0.00349. The Kier molecular flexibility index (Phi) is 39.7. The van der Waals surface area contributed by atoms with Gasteiger partial charge >= 0.3 is 11.9 Å². The maximum Gasteiger partial charge on any atom is 0.306 e. The Balaban J connectivity index is 3.96. The third kappa shape index (κ3) is 36.6. The predicted molar refractivity (Wildman–Crippen MR) is 214 cm³/mol. The van der Waals surface area contributed by atoms with Crippen molar-refractivity contribution in [1.82, 2.24) is 4.90 Å². The van der Waals surface area contributed by atoms with Crippen molar-refractivity contribution in [3.63, 3.8) is 0 Å². The van der Waals surface area contributed by atoms with E-state index in [0.717, 1.165) is 83.7 Å². The third-order valence-electron chi connectivity index (χ3n) is 10.2. The fourth-order valence-corrected chi connectivity index (χ4v) is 6.88. The summed E-state index contributed by atoms with van der Waals surface area (Å²) in [5.41, 5.74) is 0. The SMILES string of the molecule is CCCCCCCCCCCCOC(=O)CCCCN(CCO)CCCCCCCC(=O)OC(CCCCCCCC)CCCCCCCC. The maximum absolute atomic E-state index is 12.7. The van der Waals surface area contributed by atoms with E-state index in [1.165, 1.54) is 128 Å². The van der Waals surface area contributed by atoms with E-state index in [9.17, 15) is 14.7 Å². The van der Waals surface area contributed by atoms with Crippen LogP contribution >= 0.6 is 0 Å². The monoisotopic (exact) mass is 710 g/mol. The van der Waals surface area contributed by atoms with Gasteiger partial charge in [-0.15, -0.1) is 0 Å². The molecule has 0 aliphatic carbocycles. The summed E-state index contributed by atoms with van der Waals surface area (Å²) >= 11 is 0. The van der Waals surface area contributed by atoms with Gasteiger partial charge < -0.3 is 19.5 Å². The molecule has 0 rings (SSSR count). The van der Waals surface area contributed by atoms with E-state index in [1.807, 2.05) is 0 Å². The molecule has 0 spiro atoms. The summed E-state index contributed by atoms with van der Waals surface area (Å²) < 4.78 is 11.5. The highest BCUT2D eigenvalue weighted by atomic mass is 16.5. The minimum atomic E-state index is -0.0651. The number of carbonyl (C=O) groups excluding carboxylic acids is 2. The van der Waals surface area contributed by atoms with Crippen LogP contribution in [-0.2, 0) is 19.1 Å². The normalized spacial score (nSPS) is 11.6. The van der Waals surface area contributed by atoms with Gasteiger partial charge in [-0.25, -0.2) is 0 Å². The van der Waals surface area contributed by atoms with Gasteiger partial charge in [0.2, 0.25) is 0 Å². The van der Waals surface area contributed by atoms with Crippen molar-refractivity contribution in [3.8, 4) is 0 Å². The van der Waals surface area contributed by atoms with Crippen LogP contribution in [0.5, 0.6) is 0 Å². The largest absolute Gasteiger partial charge is 0.466 e. The zero-order chi connectivity index (χ0) is 36.6. The molecule has 0 aliphatic heterocycles. The second kappa shape index (κ2) is 40.6. The highest BCUT2D eigenvalue weighted by molar-refractivity contribution is 5.69. The number of ether oxygens (including phenoxy) is 2. The Morgan fingerprint density at radius 3 is 1.34 bits per heavy atom. The van der Waals surface area contributed by atoms with E-state index in [2.05, 4.69) is 25.7 Å². The van der Waals surface area contributed by atoms with E-state index in [-0.39, 0.29) is 24.6 Å². The van der Waals surface area contributed by atoms with Crippen molar-refractivity contribution in [3.05, 3.63) is 0 Å². The Morgan fingerprint density at radius 2 is 0.840 bits per heavy atom. The standard InChI is InChI=1S/C44H87NO5/c1-4-7-10-13-16-17-18-19-25-32-41-49-43(47)35-29-31-38-45(39-40-46)37-30-24-20-23-28-36-44(48)50-42(33-26-21-14-11-8-5-2)34-27-22-15-12-9-6-3/h42,46H,4-41H2,1-3H3. The van der Waals surface area contributed by atoms with Crippen molar-refractivity contribution in [2.24, 2.45) is 0 Å². The quantitative estimate of drug-likeness (QED) is 0.0503. The highest BCUT2D eigenvalue weighted by Gasteiger charge is 2.14. The molecule has 0 saturated carbocycles. The van der Waals surface area contributed by atoms with Crippen LogP contribution in [0.1, 0.15) is 233 Å². The number of hydrogen-bond acceptors (Lipinski definition) is 6. The molecule has 6 nitrogen and oxygen atoms in total. The first-order valence-electron chi connectivity index (χ1n) is 22.3. The number of carbonyl (C=O) groups is 2. The maximum atomic E-state index is 12.7. The first kappa shape index (κ1) is 48.9. The molecule has 0 unspecified atom stereocenters. The van der Waals surface area contributed by atoms with E-state index in [4.69, 9.17) is 9.47 Å². The molecular formula is C44H87NO5. The fraction of sp³-hybridized carbons (Fsp3) is 0.955. The molecule has 0 atom stereocenters. The molecule has 50 heavy (non-hydrogen) atoms. The van der Waals surface area contributed by atoms with E-state index in [1.54, 1.807) is 0 Å². The lowest BCUT2D eigenvalue weighted by Gasteiger charge is -2.21. The summed E-state index contributed by atoms with van der Waals surface area (Å²) in [7, 11) is 0. The minimum Gasteiger partial charge on any atom is -0.466 e. The molecular weight excluding hydrogens is 622 g/mol. The Labute approximate surface area is 312 Å². The second-order valence-electron chi connectivity index (χ2n) is 15.2. The zero-order valence-corrected chi connectivity index (χ0v) is 34.0. The van der Waals surface area contributed by atoms with Gasteiger partial charge in [0.25, 0.3) is 0 Å². The number of hydrogen-bond donors (Lipinski definition) is 1. The van der Waals surface area contributed by atoms with Gasteiger partial charge in [-0.1, -0.05) is 162 Å². The molecule has 0 aromatic heterocycles. The molecule has 0 saturated heterocycles. The number of esters is 2. The molecule has 0 amide bonds. The lowest BCUT2D eigenvalue weighted by Crippen LogP contribution is -2.29. The van der Waals surface area contributed by atoms with E-state index < -0.39 is 0 Å². The van der Waals surface area contributed by atoms with Gasteiger partial charge in [-0.2, -0.15) is 0 Å². The van der Waals surface area contributed by atoms with Crippen molar-refractivity contribution in [1.29, 1.82) is 0 Å². The van der Waals surface area contributed by atoms with Crippen LogP contribution in [-0.4, -0.2) is 60.9 Å². The fourth-order valence-electron chi connectivity index (χ4n) is 6.88. The van der Waals surface area contributed by atoms with Crippen molar-refractivity contribution in [2.45, 2.75) is 239 Å². The summed E-state index contributed by atoms with van der Waals surface area (Å²) in [4.78, 5) is 27.1. The average Bonchev–Trinajstić information content (AvgIpc) is 3.11. The highest BCUT2D eigenvalue weighted by Crippen LogP contribution is 2.18. The van der Waals surface area contributed by atoms with Crippen LogP contribution in [0.25, 0.3) is 0 Å². The van der Waals surface area contributed by atoms with E-state index >= 15 is 0 Å². The molecule has 0 aromatic rings. The summed E-state index contributed by atoms with van der Waals surface area (Å²) in [5, 5.41) is 9.52. The topological polar surface area (TPSA) is 76.1 Å². The number of rotatable bonds is 41. The summed E-state index contributed by atoms with van der Waals surface area (Å²) in [5.74, 6) is -0.0617. The number of nitrogens with zero attached hydrogens (tertiary/aromatic N) is 1. The van der Waals surface area contributed by atoms with Gasteiger partial charge in [-0.3, -0.25) is 9.59 Å². The zero-order valence-electron chi connectivity index (χ0n) is 34.0. The van der Waals surface area contributed by atoms with Crippen LogP contribution in [0.15, 0.2) is 0 Å². The van der Waals surface area contributed by atoms with Crippen molar-refractivity contribution < 1.29 is 24.2 Å². The molecule has 0 fully saturated rings. The molecule has 298 valence electrons. The molecule has 0 heterocycles. The van der Waals surface area contributed by atoms with Crippen molar-refractivity contribution >= 4 is 11.9 Å².